The zero-order valence-electron chi connectivity index (χ0n) is 14.4. The average Bonchev–Trinajstić information content (AvgIpc) is 2.51. The highest BCUT2D eigenvalue weighted by molar-refractivity contribution is 7.80. The van der Waals surface area contributed by atoms with E-state index in [1.54, 1.807) is 6.21 Å². The maximum absolute atomic E-state index is 6.09. The first-order chi connectivity index (χ1) is 11.3. The number of halogens is 1. The third kappa shape index (κ3) is 5.05. The highest BCUT2D eigenvalue weighted by Gasteiger charge is 2.12. The number of hydrazone groups is 1. The molecule has 5 heteroatoms. The molecule has 3 nitrogen and oxygen atoms in total. The van der Waals surface area contributed by atoms with E-state index in [4.69, 9.17) is 23.8 Å². The van der Waals surface area contributed by atoms with Gasteiger partial charge in [0, 0.05) is 10.7 Å². The lowest BCUT2D eigenvalue weighted by molar-refractivity contribution is 0.590. The van der Waals surface area contributed by atoms with E-state index in [-0.39, 0.29) is 5.41 Å². The van der Waals surface area contributed by atoms with Crippen LogP contribution < -0.4 is 10.7 Å². The summed E-state index contributed by atoms with van der Waals surface area (Å²) >= 11 is 11.3. The van der Waals surface area contributed by atoms with Gasteiger partial charge in [-0.15, -0.1) is 0 Å². The minimum Gasteiger partial charge on any atom is -0.331 e. The second-order valence-electron chi connectivity index (χ2n) is 6.61. The zero-order valence-corrected chi connectivity index (χ0v) is 15.9. The summed E-state index contributed by atoms with van der Waals surface area (Å²) in [7, 11) is 0. The molecule has 0 radical (unpaired) electrons. The Morgan fingerprint density at radius 1 is 1.12 bits per heavy atom. The Bertz CT molecular complexity index is 746. The van der Waals surface area contributed by atoms with Crippen molar-refractivity contribution in [2.45, 2.75) is 33.1 Å². The number of nitrogens with zero attached hydrogens (tertiary/aromatic N) is 1. The van der Waals surface area contributed by atoms with Crippen LogP contribution >= 0.6 is 23.8 Å². The van der Waals surface area contributed by atoms with Crippen molar-refractivity contribution < 1.29 is 0 Å². The van der Waals surface area contributed by atoms with Crippen molar-refractivity contribution in [3.63, 3.8) is 0 Å². The summed E-state index contributed by atoms with van der Waals surface area (Å²) < 4.78 is 0. The van der Waals surface area contributed by atoms with Gasteiger partial charge < -0.3 is 5.32 Å². The van der Waals surface area contributed by atoms with Crippen LogP contribution in [-0.4, -0.2) is 11.3 Å². The van der Waals surface area contributed by atoms with Gasteiger partial charge in [0.05, 0.1) is 6.21 Å². The van der Waals surface area contributed by atoms with Crippen molar-refractivity contribution in [2.24, 2.45) is 5.10 Å². The fourth-order valence-corrected chi connectivity index (χ4v) is 2.46. The molecule has 0 aromatic heterocycles. The molecule has 0 saturated carbocycles. The van der Waals surface area contributed by atoms with Crippen LogP contribution in [0, 0.1) is 6.92 Å². The summed E-state index contributed by atoms with van der Waals surface area (Å²) in [6.07, 6.45) is 1.74. The lowest BCUT2D eigenvalue weighted by Gasteiger charge is -2.18. The van der Waals surface area contributed by atoms with Crippen molar-refractivity contribution in [1.29, 1.82) is 0 Å². The van der Waals surface area contributed by atoms with Crippen LogP contribution in [0.4, 0.5) is 5.69 Å². The van der Waals surface area contributed by atoms with Crippen LogP contribution in [-0.2, 0) is 5.41 Å². The Balaban J connectivity index is 1.94. The lowest BCUT2D eigenvalue weighted by Crippen LogP contribution is -2.24. The van der Waals surface area contributed by atoms with Crippen molar-refractivity contribution in [3.05, 3.63) is 64.2 Å². The number of benzene rings is 2. The highest BCUT2D eigenvalue weighted by atomic mass is 35.5. The maximum Gasteiger partial charge on any atom is 0.191 e. The van der Waals surface area contributed by atoms with Gasteiger partial charge in [-0.2, -0.15) is 5.10 Å². The summed E-state index contributed by atoms with van der Waals surface area (Å²) in [4.78, 5) is 0. The molecule has 2 N–H and O–H groups in total. The van der Waals surface area contributed by atoms with Crippen LogP contribution in [0.5, 0.6) is 0 Å². The Labute approximate surface area is 154 Å². The zero-order chi connectivity index (χ0) is 17.7. The quantitative estimate of drug-likeness (QED) is 0.445. The minimum absolute atomic E-state index is 0.147. The van der Waals surface area contributed by atoms with Gasteiger partial charge in [0.15, 0.2) is 5.11 Å². The predicted octanol–water partition coefficient (Wildman–Crippen LogP) is 5.27. The topological polar surface area (TPSA) is 36.4 Å². The van der Waals surface area contributed by atoms with Crippen LogP contribution in [0.1, 0.15) is 37.5 Å². The predicted molar refractivity (Wildman–Crippen MR) is 108 cm³/mol. The molecule has 2 aromatic rings. The molecule has 0 fully saturated rings. The van der Waals surface area contributed by atoms with E-state index < -0.39 is 0 Å². The molecule has 0 amide bonds. The Morgan fingerprint density at radius 2 is 1.79 bits per heavy atom. The third-order valence-electron chi connectivity index (χ3n) is 3.67. The van der Waals surface area contributed by atoms with Gasteiger partial charge in [-0.25, -0.2) is 0 Å². The summed E-state index contributed by atoms with van der Waals surface area (Å²) in [5, 5.41) is 8.38. The molecule has 0 spiro atoms. The van der Waals surface area contributed by atoms with Crippen molar-refractivity contribution in [2.75, 3.05) is 5.32 Å². The van der Waals surface area contributed by atoms with E-state index >= 15 is 0 Å². The molecule has 0 saturated heterocycles. The van der Waals surface area contributed by atoms with Crippen LogP contribution in [0.2, 0.25) is 5.02 Å². The minimum atomic E-state index is 0.147. The molecule has 126 valence electrons. The lowest BCUT2D eigenvalue weighted by atomic mass is 9.87. The van der Waals surface area contributed by atoms with Crippen molar-refractivity contribution in [3.8, 4) is 0 Å². The molecule has 0 heterocycles. The van der Waals surface area contributed by atoms with Gasteiger partial charge in [0.25, 0.3) is 0 Å². The first-order valence-corrected chi connectivity index (χ1v) is 8.52. The van der Waals surface area contributed by atoms with Crippen LogP contribution in [0.25, 0.3) is 0 Å². The number of rotatable bonds is 3. The molecule has 0 aliphatic heterocycles. The Kier molecular flexibility index (Phi) is 5.97. The number of thiocarbonyl (C=S) groups is 1. The molecule has 2 rings (SSSR count). The highest BCUT2D eigenvalue weighted by Crippen LogP contribution is 2.23. The maximum atomic E-state index is 6.09. The normalized spacial score (nSPS) is 11.5. The molecule has 24 heavy (non-hydrogen) atoms. The van der Waals surface area contributed by atoms with Crippen LogP contribution in [0.15, 0.2) is 47.6 Å². The fourth-order valence-electron chi connectivity index (χ4n) is 2.13. The molecule has 0 aliphatic carbocycles. The smallest absolute Gasteiger partial charge is 0.191 e. The largest absolute Gasteiger partial charge is 0.331 e. The van der Waals surface area contributed by atoms with Gasteiger partial charge in [-0.1, -0.05) is 62.7 Å². The summed E-state index contributed by atoms with van der Waals surface area (Å²) in [5.41, 5.74) is 7.08. The van der Waals surface area contributed by atoms with E-state index in [0.29, 0.717) is 10.1 Å². The average molecular weight is 360 g/mol. The standard InChI is InChI=1S/C19H22ClN3S/c1-13-16(20)6-5-7-17(13)22-18(24)23-21-12-14-8-10-15(11-9-14)19(2,3)4/h5-12H,1-4H3,(H2,22,23,24)/b21-12-. The first-order valence-electron chi connectivity index (χ1n) is 7.73. The molecule has 0 aliphatic rings. The van der Waals surface area contributed by atoms with Gasteiger partial charge in [-0.05, 0) is 53.4 Å². The molecule has 0 atom stereocenters. The number of hydrogen-bond acceptors (Lipinski definition) is 2. The van der Waals surface area contributed by atoms with Gasteiger partial charge >= 0.3 is 0 Å². The van der Waals surface area contributed by atoms with Gasteiger partial charge in [-0.3, -0.25) is 5.43 Å². The number of nitrogens with one attached hydrogen (secondary N) is 2. The molecular weight excluding hydrogens is 338 g/mol. The summed E-state index contributed by atoms with van der Waals surface area (Å²) in [6.45, 7) is 8.52. The van der Waals surface area contributed by atoms with E-state index in [9.17, 15) is 0 Å². The third-order valence-corrected chi connectivity index (χ3v) is 4.28. The first kappa shape index (κ1) is 18.4. The van der Waals surface area contributed by atoms with Crippen molar-refractivity contribution in [1.82, 2.24) is 5.43 Å². The molecule has 0 unspecified atom stereocenters. The molecule has 0 bridgehead atoms. The second kappa shape index (κ2) is 7.77. The summed E-state index contributed by atoms with van der Waals surface area (Å²) in [5.74, 6) is 0. The summed E-state index contributed by atoms with van der Waals surface area (Å²) in [6, 6.07) is 14.0. The SMILES string of the molecule is Cc1c(Cl)cccc1NC(=S)N/N=C\c1ccc(C(C)(C)C)cc1. The Morgan fingerprint density at radius 3 is 2.42 bits per heavy atom. The molecule has 2 aromatic carbocycles. The van der Waals surface area contributed by atoms with E-state index in [0.717, 1.165) is 16.8 Å². The number of anilines is 1. The monoisotopic (exact) mass is 359 g/mol. The molecular formula is C19H22ClN3S. The van der Waals surface area contributed by atoms with Crippen molar-refractivity contribution >= 4 is 40.8 Å². The van der Waals surface area contributed by atoms with Gasteiger partial charge in [0.1, 0.15) is 0 Å². The Hall–Kier alpha value is -1.91. The fraction of sp³-hybridized carbons (Fsp3) is 0.263. The van der Waals surface area contributed by atoms with Crippen LogP contribution in [0.3, 0.4) is 0 Å². The number of hydrogen-bond donors (Lipinski definition) is 2. The second-order valence-corrected chi connectivity index (χ2v) is 7.42. The van der Waals surface area contributed by atoms with Gasteiger partial charge in [0.2, 0.25) is 0 Å². The van der Waals surface area contributed by atoms with E-state index in [1.807, 2.05) is 37.3 Å². The van der Waals surface area contributed by atoms with E-state index in [1.165, 1.54) is 5.56 Å². The van der Waals surface area contributed by atoms with E-state index in [2.05, 4.69) is 48.7 Å².